The SMILES string of the molecule is COC(=O)C(Cc1ccccc1)NC(=O)COC(=O)c1ccc(=O)n(C)n1. The first-order valence-electron chi connectivity index (χ1n) is 8.03. The Bertz CT molecular complexity index is 878. The van der Waals surface area contributed by atoms with E-state index in [-0.39, 0.29) is 17.7 Å². The predicted molar refractivity (Wildman–Crippen MR) is 93.9 cm³/mol. The number of hydrogen-bond donors (Lipinski definition) is 1. The highest BCUT2D eigenvalue weighted by molar-refractivity contribution is 5.90. The van der Waals surface area contributed by atoms with Crippen LogP contribution in [0.5, 0.6) is 0 Å². The van der Waals surface area contributed by atoms with Crippen molar-refractivity contribution in [2.24, 2.45) is 7.05 Å². The van der Waals surface area contributed by atoms with Gasteiger partial charge in [0.25, 0.3) is 11.5 Å². The molecule has 1 unspecified atom stereocenters. The van der Waals surface area contributed by atoms with E-state index in [9.17, 15) is 19.2 Å². The van der Waals surface area contributed by atoms with Crippen LogP contribution in [0.3, 0.4) is 0 Å². The number of aryl methyl sites for hydroxylation is 1. The van der Waals surface area contributed by atoms with Crippen molar-refractivity contribution in [1.82, 2.24) is 15.1 Å². The van der Waals surface area contributed by atoms with Crippen LogP contribution >= 0.6 is 0 Å². The molecule has 27 heavy (non-hydrogen) atoms. The number of methoxy groups -OCH3 is 1. The summed E-state index contributed by atoms with van der Waals surface area (Å²) in [6, 6.07) is 10.5. The van der Waals surface area contributed by atoms with Gasteiger partial charge in [0.15, 0.2) is 12.3 Å². The number of carbonyl (C=O) groups is 3. The third-order valence-electron chi connectivity index (χ3n) is 3.61. The summed E-state index contributed by atoms with van der Waals surface area (Å²) in [5, 5.41) is 6.21. The van der Waals surface area contributed by atoms with Gasteiger partial charge in [0.05, 0.1) is 7.11 Å². The van der Waals surface area contributed by atoms with E-state index in [1.807, 2.05) is 30.3 Å². The van der Waals surface area contributed by atoms with Crippen molar-refractivity contribution in [3.63, 3.8) is 0 Å². The maximum atomic E-state index is 12.0. The summed E-state index contributed by atoms with van der Waals surface area (Å²) in [6.07, 6.45) is 0.232. The monoisotopic (exact) mass is 373 g/mol. The first-order valence-corrected chi connectivity index (χ1v) is 8.03. The maximum absolute atomic E-state index is 12.0. The van der Waals surface area contributed by atoms with E-state index in [0.29, 0.717) is 0 Å². The molecule has 0 saturated carbocycles. The van der Waals surface area contributed by atoms with E-state index in [0.717, 1.165) is 16.3 Å². The van der Waals surface area contributed by atoms with Crippen molar-refractivity contribution in [3.05, 3.63) is 64.1 Å². The van der Waals surface area contributed by atoms with Gasteiger partial charge in [-0.3, -0.25) is 9.59 Å². The van der Waals surface area contributed by atoms with Gasteiger partial charge in [-0.15, -0.1) is 0 Å². The molecule has 9 heteroatoms. The van der Waals surface area contributed by atoms with Crippen molar-refractivity contribution in [1.29, 1.82) is 0 Å². The lowest BCUT2D eigenvalue weighted by molar-refractivity contribution is -0.145. The summed E-state index contributed by atoms with van der Waals surface area (Å²) in [5.74, 6) is -2.14. The molecule has 142 valence electrons. The molecule has 0 aliphatic carbocycles. The van der Waals surface area contributed by atoms with Crippen LogP contribution in [0.4, 0.5) is 0 Å². The molecule has 1 N–H and O–H groups in total. The molecule has 1 atom stereocenters. The van der Waals surface area contributed by atoms with Gasteiger partial charge in [0.1, 0.15) is 6.04 Å². The van der Waals surface area contributed by atoms with E-state index in [2.05, 4.69) is 10.4 Å². The number of amides is 1. The number of rotatable bonds is 7. The van der Waals surface area contributed by atoms with Crippen LogP contribution < -0.4 is 10.9 Å². The number of benzene rings is 1. The summed E-state index contributed by atoms with van der Waals surface area (Å²) in [6.45, 7) is -0.606. The Morgan fingerprint density at radius 1 is 1.15 bits per heavy atom. The van der Waals surface area contributed by atoms with Gasteiger partial charge < -0.3 is 14.8 Å². The van der Waals surface area contributed by atoms with Gasteiger partial charge in [-0.2, -0.15) is 5.10 Å². The van der Waals surface area contributed by atoms with Crippen LogP contribution in [0.25, 0.3) is 0 Å². The molecule has 0 spiro atoms. The Labute approximate surface area is 154 Å². The molecule has 1 heterocycles. The first kappa shape index (κ1) is 19.8. The molecule has 2 aromatic rings. The largest absolute Gasteiger partial charge is 0.467 e. The quantitative estimate of drug-likeness (QED) is 0.670. The zero-order valence-electron chi connectivity index (χ0n) is 14.9. The minimum absolute atomic E-state index is 0.112. The van der Waals surface area contributed by atoms with Gasteiger partial charge >= 0.3 is 11.9 Å². The maximum Gasteiger partial charge on any atom is 0.359 e. The predicted octanol–water partition coefficient (Wildman–Crippen LogP) is -0.162. The lowest BCUT2D eigenvalue weighted by atomic mass is 10.1. The molecule has 0 fully saturated rings. The van der Waals surface area contributed by atoms with Crippen LogP contribution in [0, 0.1) is 0 Å². The molecule has 1 aromatic heterocycles. The summed E-state index contributed by atoms with van der Waals surface area (Å²) in [4.78, 5) is 47.1. The Morgan fingerprint density at radius 2 is 1.85 bits per heavy atom. The fraction of sp³-hybridized carbons (Fsp3) is 0.278. The summed E-state index contributed by atoms with van der Waals surface area (Å²) in [7, 11) is 2.61. The number of nitrogens with one attached hydrogen (secondary N) is 1. The van der Waals surface area contributed by atoms with E-state index in [4.69, 9.17) is 9.47 Å². The number of carbonyl (C=O) groups excluding carboxylic acids is 3. The van der Waals surface area contributed by atoms with Crippen molar-refractivity contribution in [2.75, 3.05) is 13.7 Å². The molecule has 1 aromatic carbocycles. The molecular weight excluding hydrogens is 354 g/mol. The molecule has 0 saturated heterocycles. The zero-order valence-corrected chi connectivity index (χ0v) is 14.9. The standard InChI is InChI=1S/C18H19N3O6/c1-21-16(23)9-8-13(20-21)18(25)27-11-15(22)19-14(17(24)26-2)10-12-6-4-3-5-7-12/h3-9,14H,10-11H2,1-2H3,(H,19,22). The lowest BCUT2D eigenvalue weighted by Gasteiger charge is -2.16. The van der Waals surface area contributed by atoms with Crippen LogP contribution in [0.15, 0.2) is 47.3 Å². The van der Waals surface area contributed by atoms with Crippen LogP contribution in [0.1, 0.15) is 16.1 Å². The Kier molecular flexibility index (Phi) is 6.81. The number of hydrogen-bond acceptors (Lipinski definition) is 7. The molecule has 0 aliphatic heterocycles. The molecule has 0 bridgehead atoms. The second kappa shape index (κ2) is 9.27. The fourth-order valence-corrected chi connectivity index (χ4v) is 2.24. The smallest absolute Gasteiger partial charge is 0.359 e. The second-order valence-corrected chi connectivity index (χ2v) is 5.59. The average molecular weight is 373 g/mol. The molecular formula is C18H19N3O6. The Hall–Kier alpha value is -3.49. The first-order chi connectivity index (χ1) is 12.9. The summed E-state index contributed by atoms with van der Waals surface area (Å²) >= 11 is 0. The molecule has 0 aliphatic rings. The average Bonchev–Trinajstić information content (AvgIpc) is 2.67. The number of nitrogens with zero attached hydrogens (tertiary/aromatic N) is 2. The summed E-state index contributed by atoms with van der Waals surface area (Å²) in [5.41, 5.74) is 0.337. The van der Waals surface area contributed by atoms with E-state index in [1.165, 1.54) is 20.2 Å². The third kappa shape index (κ3) is 5.77. The fourth-order valence-electron chi connectivity index (χ4n) is 2.24. The van der Waals surface area contributed by atoms with Gasteiger partial charge in [0, 0.05) is 19.5 Å². The highest BCUT2D eigenvalue weighted by atomic mass is 16.5. The van der Waals surface area contributed by atoms with Crippen molar-refractivity contribution in [3.8, 4) is 0 Å². The van der Waals surface area contributed by atoms with Crippen molar-refractivity contribution in [2.45, 2.75) is 12.5 Å². The summed E-state index contributed by atoms with van der Waals surface area (Å²) < 4.78 is 10.5. The van der Waals surface area contributed by atoms with Crippen molar-refractivity contribution < 1.29 is 23.9 Å². The highest BCUT2D eigenvalue weighted by Crippen LogP contribution is 2.05. The molecule has 2 rings (SSSR count). The minimum Gasteiger partial charge on any atom is -0.467 e. The second-order valence-electron chi connectivity index (χ2n) is 5.59. The van der Waals surface area contributed by atoms with Crippen LogP contribution in [0.2, 0.25) is 0 Å². The molecule has 9 nitrogen and oxygen atoms in total. The van der Waals surface area contributed by atoms with E-state index >= 15 is 0 Å². The van der Waals surface area contributed by atoms with Gasteiger partial charge in [-0.1, -0.05) is 30.3 Å². The highest BCUT2D eigenvalue weighted by Gasteiger charge is 2.23. The molecule has 0 radical (unpaired) electrons. The van der Waals surface area contributed by atoms with Gasteiger partial charge in [-0.25, -0.2) is 14.3 Å². The third-order valence-corrected chi connectivity index (χ3v) is 3.61. The number of ether oxygens (including phenoxy) is 2. The Morgan fingerprint density at radius 3 is 2.48 bits per heavy atom. The van der Waals surface area contributed by atoms with E-state index < -0.39 is 30.5 Å². The minimum atomic E-state index is -0.917. The topological polar surface area (TPSA) is 117 Å². The van der Waals surface area contributed by atoms with E-state index in [1.54, 1.807) is 0 Å². The van der Waals surface area contributed by atoms with Crippen LogP contribution in [-0.2, 0) is 32.5 Å². The number of aromatic nitrogens is 2. The normalized spacial score (nSPS) is 11.3. The number of esters is 2. The lowest BCUT2D eigenvalue weighted by Crippen LogP contribution is -2.44. The van der Waals surface area contributed by atoms with Crippen LogP contribution in [-0.4, -0.2) is 47.4 Å². The molecule has 1 amide bonds. The van der Waals surface area contributed by atoms with Crippen molar-refractivity contribution >= 4 is 17.8 Å². The van der Waals surface area contributed by atoms with Gasteiger partial charge in [0.2, 0.25) is 0 Å². The zero-order chi connectivity index (χ0) is 19.8. The van der Waals surface area contributed by atoms with Gasteiger partial charge in [-0.05, 0) is 11.6 Å². The Balaban J connectivity index is 1.94.